The molecule has 3 heterocycles. The number of ether oxygens (including phenoxy) is 1. The summed E-state index contributed by atoms with van der Waals surface area (Å²) in [6.45, 7) is 3.69. The Morgan fingerprint density at radius 3 is 3.13 bits per heavy atom. The maximum Gasteiger partial charge on any atom is 0.255 e. The van der Waals surface area contributed by atoms with E-state index in [0.29, 0.717) is 11.7 Å². The van der Waals surface area contributed by atoms with E-state index in [1.165, 1.54) is 6.33 Å². The van der Waals surface area contributed by atoms with Gasteiger partial charge in [-0.15, -0.1) is 0 Å². The molecule has 1 N–H and O–H groups in total. The van der Waals surface area contributed by atoms with Crippen LogP contribution in [0.15, 0.2) is 12.4 Å². The first-order valence-electron chi connectivity index (χ1n) is 4.88. The molecule has 6 heteroatoms. The first-order chi connectivity index (χ1) is 7.33. The number of hydrogen-bond donors (Lipinski definition) is 1. The number of fused-ring (bicyclic) bond motifs is 1. The van der Waals surface area contributed by atoms with Gasteiger partial charge in [0.1, 0.15) is 12.4 Å². The monoisotopic (exact) mass is 205 g/mol. The fourth-order valence-corrected chi connectivity index (χ4v) is 1.50. The van der Waals surface area contributed by atoms with Gasteiger partial charge in [-0.3, -0.25) is 0 Å². The van der Waals surface area contributed by atoms with Gasteiger partial charge in [0.05, 0.1) is 0 Å². The van der Waals surface area contributed by atoms with Crippen LogP contribution in [-0.4, -0.2) is 38.8 Å². The van der Waals surface area contributed by atoms with E-state index in [1.807, 2.05) is 13.0 Å². The Morgan fingerprint density at radius 1 is 1.53 bits per heavy atom. The lowest BCUT2D eigenvalue weighted by Gasteiger charge is -2.27. The van der Waals surface area contributed by atoms with Gasteiger partial charge in [-0.05, 0) is 6.92 Å². The molecule has 2 aromatic heterocycles. The van der Waals surface area contributed by atoms with Crippen molar-refractivity contribution in [3.8, 4) is 5.88 Å². The van der Waals surface area contributed by atoms with Crippen LogP contribution in [0.25, 0.3) is 5.78 Å². The first kappa shape index (κ1) is 8.60. The molecule has 3 rings (SSSR count). The Balaban J connectivity index is 2.02. The molecule has 78 valence electrons. The van der Waals surface area contributed by atoms with Gasteiger partial charge >= 0.3 is 0 Å². The highest BCUT2D eigenvalue weighted by atomic mass is 16.5. The molecule has 0 amide bonds. The predicted octanol–water partition coefficient (Wildman–Crippen LogP) is -0.217. The van der Waals surface area contributed by atoms with Crippen molar-refractivity contribution >= 4 is 5.78 Å². The quantitative estimate of drug-likeness (QED) is 0.734. The molecule has 1 aliphatic heterocycles. The zero-order valence-corrected chi connectivity index (χ0v) is 8.34. The summed E-state index contributed by atoms with van der Waals surface area (Å²) in [5.41, 5.74) is 0.887. The third kappa shape index (κ3) is 1.42. The molecule has 2 aromatic rings. The molecule has 0 aliphatic carbocycles. The van der Waals surface area contributed by atoms with Crippen LogP contribution in [0.1, 0.15) is 5.69 Å². The smallest absolute Gasteiger partial charge is 0.255 e. The fourth-order valence-electron chi connectivity index (χ4n) is 1.50. The molecule has 1 saturated heterocycles. The van der Waals surface area contributed by atoms with Crippen LogP contribution in [0.4, 0.5) is 0 Å². The maximum absolute atomic E-state index is 5.76. The van der Waals surface area contributed by atoms with E-state index in [9.17, 15) is 0 Å². The summed E-state index contributed by atoms with van der Waals surface area (Å²) in [5, 5.41) is 7.22. The molecule has 0 spiro atoms. The summed E-state index contributed by atoms with van der Waals surface area (Å²) < 4.78 is 7.38. The van der Waals surface area contributed by atoms with Gasteiger partial charge < -0.3 is 10.1 Å². The second kappa shape index (κ2) is 3.16. The third-order valence-corrected chi connectivity index (χ3v) is 2.38. The lowest BCUT2D eigenvalue weighted by atomic mass is 10.2. The second-order valence-corrected chi connectivity index (χ2v) is 3.61. The number of nitrogens with one attached hydrogen (secondary N) is 1. The van der Waals surface area contributed by atoms with Crippen molar-refractivity contribution in [1.29, 1.82) is 0 Å². The Labute approximate surface area is 86.3 Å². The van der Waals surface area contributed by atoms with Crippen LogP contribution in [0.5, 0.6) is 5.88 Å². The summed E-state index contributed by atoms with van der Waals surface area (Å²) in [5.74, 6) is 1.29. The van der Waals surface area contributed by atoms with E-state index in [0.717, 1.165) is 18.8 Å². The number of rotatable bonds is 2. The molecule has 1 fully saturated rings. The van der Waals surface area contributed by atoms with Gasteiger partial charge in [0, 0.05) is 24.8 Å². The number of hydrogen-bond acceptors (Lipinski definition) is 5. The maximum atomic E-state index is 5.76. The number of nitrogens with zero attached hydrogens (tertiary/aromatic N) is 4. The van der Waals surface area contributed by atoms with Crippen molar-refractivity contribution in [1.82, 2.24) is 24.9 Å². The van der Waals surface area contributed by atoms with Crippen LogP contribution in [0.3, 0.4) is 0 Å². The van der Waals surface area contributed by atoms with Crippen molar-refractivity contribution < 1.29 is 4.74 Å². The Kier molecular flexibility index (Phi) is 1.81. The highest BCUT2D eigenvalue weighted by Crippen LogP contribution is 2.15. The van der Waals surface area contributed by atoms with Crippen LogP contribution in [0.2, 0.25) is 0 Å². The summed E-state index contributed by atoms with van der Waals surface area (Å²) >= 11 is 0. The topological polar surface area (TPSA) is 64.3 Å². The van der Waals surface area contributed by atoms with Crippen LogP contribution in [0, 0.1) is 6.92 Å². The highest BCUT2D eigenvalue weighted by molar-refractivity contribution is 5.32. The minimum Gasteiger partial charge on any atom is -0.471 e. The molecule has 0 unspecified atom stereocenters. The second-order valence-electron chi connectivity index (χ2n) is 3.61. The SMILES string of the molecule is Cc1cc(OC2CNC2)n2ncnc2n1. The highest BCUT2D eigenvalue weighted by Gasteiger charge is 2.20. The van der Waals surface area contributed by atoms with Gasteiger partial charge in [-0.1, -0.05) is 0 Å². The lowest BCUT2D eigenvalue weighted by Crippen LogP contribution is -2.50. The Morgan fingerprint density at radius 2 is 2.40 bits per heavy atom. The Hall–Kier alpha value is -1.69. The molecule has 6 nitrogen and oxygen atoms in total. The predicted molar refractivity (Wildman–Crippen MR) is 52.8 cm³/mol. The fraction of sp³-hybridized carbons (Fsp3) is 0.444. The number of aromatic nitrogens is 4. The van der Waals surface area contributed by atoms with E-state index < -0.39 is 0 Å². The molecule has 0 radical (unpaired) electrons. The van der Waals surface area contributed by atoms with Crippen LogP contribution in [-0.2, 0) is 0 Å². The van der Waals surface area contributed by atoms with Crippen LogP contribution >= 0.6 is 0 Å². The van der Waals surface area contributed by atoms with E-state index in [1.54, 1.807) is 4.52 Å². The summed E-state index contributed by atoms with van der Waals surface area (Å²) in [6, 6.07) is 1.88. The lowest BCUT2D eigenvalue weighted by molar-refractivity contribution is 0.132. The van der Waals surface area contributed by atoms with E-state index in [-0.39, 0.29) is 6.10 Å². The summed E-state index contributed by atoms with van der Waals surface area (Å²) in [6.07, 6.45) is 1.72. The molecular weight excluding hydrogens is 194 g/mol. The Bertz CT molecular complexity index is 490. The molecule has 0 aromatic carbocycles. The van der Waals surface area contributed by atoms with Crippen molar-refractivity contribution in [3.05, 3.63) is 18.1 Å². The molecular formula is C9H11N5O. The standard InChI is InChI=1S/C9H11N5O/c1-6-2-8(15-7-3-10-4-7)14-9(13-6)11-5-12-14/h2,5,7,10H,3-4H2,1H3. The third-order valence-electron chi connectivity index (χ3n) is 2.38. The molecule has 15 heavy (non-hydrogen) atoms. The van der Waals surface area contributed by atoms with Gasteiger partial charge in [0.15, 0.2) is 0 Å². The molecule has 1 aliphatic rings. The zero-order chi connectivity index (χ0) is 10.3. The molecule has 0 atom stereocenters. The van der Waals surface area contributed by atoms with Crippen molar-refractivity contribution in [2.24, 2.45) is 0 Å². The average Bonchev–Trinajstić information content (AvgIpc) is 2.58. The summed E-state index contributed by atoms with van der Waals surface area (Å²) in [7, 11) is 0. The zero-order valence-electron chi connectivity index (χ0n) is 8.34. The average molecular weight is 205 g/mol. The van der Waals surface area contributed by atoms with Gasteiger partial charge in [-0.25, -0.2) is 4.98 Å². The molecule has 0 bridgehead atoms. The van der Waals surface area contributed by atoms with Gasteiger partial charge in [0.25, 0.3) is 5.78 Å². The largest absolute Gasteiger partial charge is 0.471 e. The van der Waals surface area contributed by atoms with Crippen molar-refractivity contribution in [2.75, 3.05) is 13.1 Å². The summed E-state index contributed by atoms with van der Waals surface area (Å²) in [4.78, 5) is 8.28. The first-order valence-corrected chi connectivity index (χ1v) is 4.88. The van der Waals surface area contributed by atoms with E-state index in [4.69, 9.17) is 4.74 Å². The van der Waals surface area contributed by atoms with E-state index >= 15 is 0 Å². The molecule has 0 saturated carbocycles. The minimum atomic E-state index is 0.235. The number of aryl methyl sites for hydroxylation is 1. The van der Waals surface area contributed by atoms with Crippen LogP contribution < -0.4 is 10.1 Å². The normalized spacial score (nSPS) is 16.6. The van der Waals surface area contributed by atoms with E-state index in [2.05, 4.69) is 20.4 Å². The van der Waals surface area contributed by atoms with Gasteiger partial charge in [0.2, 0.25) is 5.88 Å². The minimum absolute atomic E-state index is 0.235. The van der Waals surface area contributed by atoms with Gasteiger partial charge in [-0.2, -0.15) is 14.6 Å². The van der Waals surface area contributed by atoms with Crippen molar-refractivity contribution in [3.63, 3.8) is 0 Å². The van der Waals surface area contributed by atoms with Crippen molar-refractivity contribution in [2.45, 2.75) is 13.0 Å².